The van der Waals surface area contributed by atoms with Gasteiger partial charge >= 0.3 is 0 Å². The van der Waals surface area contributed by atoms with Crippen LogP contribution >= 0.6 is 0 Å². The average Bonchev–Trinajstić information content (AvgIpc) is 3.15. The fourth-order valence-corrected chi connectivity index (χ4v) is 3.67. The molecule has 7 heteroatoms. The first-order valence-electron chi connectivity index (χ1n) is 9.22. The number of carbonyl (C=O) groups is 3. The van der Waals surface area contributed by atoms with E-state index in [9.17, 15) is 14.4 Å². The highest BCUT2D eigenvalue weighted by molar-refractivity contribution is 6.16. The Bertz CT molecular complexity index is 657. The first-order chi connectivity index (χ1) is 12.5. The zero-order valence-electron chi connectivity index (χ0n) is 15.1. The lowest BCUT2D eigenvalue weighted by atomic mass is 9.79. The summed E-state index contributed by atoms with van der Waals surface area (Å²) < 4.78 is 5.33. The monoisotopic (exact) mass is 360 g/mol. The first-order valence-corrected chi connectivity index (χ1v) is 9.22. The summed E-state index contributed by atoms with van der Waals surface area (Å²) in [5, 5.41) is 0. The molecule has 7 nitrogen and oxygen atoms in total. The van der Waals surface area contributed by atoms with Crippen molar-refractivity contribution in [2.75, 3.05) is 39.3 Å². The van der Waals surface area contributed by atoms with Crippen LogP contribution in [0.25, 0.3) is 0 Å². The van der Waals surface area contributed by atoms with Crippen LogP contribution in [-0.4, -0.2) is 67.9 Å². The van der Waals surface area contributed by atoms with Gasteiger partial charge in [-0.25, -0.2) is 0 Å². The predicted octanol–water partition coefficient (Wildman–Crippen LogP) is -0.271. The Morgan fingerprint density at radius 1 is 1.31 bits per heavy atom. The molecule has 1 aliphatic heterocycles. The largest absolute Gasteiger partial charge is 0.469 e. The van der Waals surface area contributed by atoms with Gasteiger partial charge in [-0.05, 0) is 12.1 Å². The molecule has 0 bridgehead atoms. The highest BCUT2D eigenvalue weighted by Crippen LogP contribution is 2.31. The van der Waals surface area contributed by atoms with E-state index < -0.39 is 5.92 Å². The third kappa shape index (κ3) is 4.46. The Kier molecular flexibility index (Phi) is 5.98. The Morgan fingerprint density at radius 3 is 2.58 bits per heavy atom. The number of nitrogens with one attached hydrogen (secondary N) is 1. The molecule has 1 amide bonds. The standard InChI is InChI=1S/C19H25N3O4/c1-14(23)22-8-6-21(7-9-22)5-4-20-13-16-17(24)11-15(12-18(16)25)19-3-2-10-26-19/h2-3,10,13,15-16H,4-9,11-12H2,1H3/p+1. The maximum Gasteiger partial charge on any atom is 0.219 e. The topological polar surface area (TPSA) is 84.4 Å². The number of piperazine rings is 1. The van der Waals surface area contributed by atoms with Crippen molar-refractivity contribution in [1.82, 2.24) is 4.90 Å². The second kappa shape index (κ2) is 8.40. The van der Waals surface area contributed by atoms with Gasteiger partial charge in [0.25, 0.3) is 0 Å². The van der Waals surface area contributed by atoms with Crippen LogP contribution in [0.15, 0.2) is 27.8 Å². The molecule has 0 unspecified atom stereocenters. The van der Waals surface area contributed by atoms with Gasteiger partial charge in [0.2, 0.25) is 5.91 Å². The van der Waals surface area contributed by atoms with Gasteiger partial charge in [-0.1, -0.05) is 0 Å². The molecule has 0 radical (unpaired) electrons. The lowest BCUT2D eigenvalue weighted by Crippen LogP contribution is -3.15. The van der Waals surface area contributed by atoms with Crippen LogP contribution < -0.4 is 4.90 Å². The molecule has 0 atom stereocenters. The molecule has 1 aliphatic carbocycles. The Balaban J connectivity index is 1.43. The lowest BCUT2D eigenvalue weighted by molar-refractivity contribution is -0.902. The predicted molar refractivity (Wildman–Crippen MR) is 95.4 cm³/mol. The number of amides is 1. The van der Waals surface area contributed by atoms with Crippen molar-refractivity contribution in [3.05, 3.63) is 24.2 Å². The SMILES string of the molecule is CC(=O)N1CC[NH+](CCN=CC2C(=O)CC(c3ccco3)CC2=O)CC1. The molecule has 1 N–H and O–H groups in total. The van der Waals surface area contributed by atoms with Crippen molar-refractivity contribution < 1.29 is 23.7 Å². The molecule has 2 fully saturated rings. The molecule has 140 valence electrons. The minimum atomic E-state index is -0.703. The summed E-state index contributed by atoms with van der Waals surface area (Å²) in [6.07, 6.45) is 3.76. The number of rotatable bonds is 5. The van der Waals surface area contributed by atoms with E-state index >= 15 is 0 Å². The number of ketones is 2. The highest BCUT2D eigenvalue weighted by atomic mass is 16.3. The van der Waals surface area contributed by atoms with Gasteiger partial charge in [-0.2, -0.15) is 0 Å². The molecule has 0 spiro atoms. The quantitative estimate of drug-likeness (QED) is 0.579. The minimum absolute atomic E-state index is 0.0752. The first kappa shape index (κ1) is 18.5. The Morgan fingerprint density at radius 2 is 2.00 bits per heavy atom. The molecule has 1 aromatic rings. The maximum atomic E-state index is 12.3. The third-order valence-electron chi connectivity index (χ3n) is 5.30. The van der Waals surface area contributed by atoms with Crippen molar-refractivity contribution in [3.8, 4) is 0 Å². The summed E-state index contributed by atoms with van der Waals surface area (Å²) in [7, 11) is 0. The summed E-state index contributed by atoms with van der Waals surface area (Å²) >= 11 is 0. The van der Waals surface area contributed by atoms with Gasteiger partial charge in [-0.15, -0.1) is 0 Å². The van der Waals surface area contributed by atoms with Crippen molar-refractivity contribution >= 4 is 23.7 Å². The average molecular weight is 360 g/mol. The normalized spacial score (nSPS) is 25.2. The highest BCUT2D eigenvalue weighted by Gasteiger charge is 2.36. The van der Waals surface area contributed by atoms with Crippen molar-refractivity contribution in [3.63, 3.8) is 0 Å². The number of Topliss-reactive ketones (excluding diaryl/α,β-unsaturated/α-hetero) is 2. The zero-order chi connectivity index (χ0) is 18.5. The van der Waals surface area contributed by atoms with E-state index in [-0.39, 0.29) is 23.4 Å². The Labute approximate surface area is 153 Å². The van der Waals surface area contributed by atoms with Crippen molar-refractivity contribution in [2.24, 2.45) is 10.9 Å². The van der Waals surface area contributed by atoms with Crippen LogP contribution in [0.2, 0.25) is 0 Å². The number of nitrogens with zero attached hydrogens (tertiary/aromatic N) is 2. The number of hydrogen-bond acceptors (Lipinski definition) is 5. The third-order valence-corrected chi connectivity index (χ3v) is 5.30. The summed E-state index contributed by atoms with van der Waals surface area (Å²) in [5.74, 6) is -0.162. The number of aliphatic imine (C=N–C) groups is 1. The van der Waals surface area contributed by atoms with Gasteiger partial charge in [0.1, 0.15) is 23.2 Å². The van der Waals surface area contributed by atoms with Crippen LogP contribution in [0, 0.1) is 5.92 Å². The molecule has 2 heterocycles. The van der Waals surface area contributed by atoms with Crippen LogP contribution in [-0.2, 0) is 14.4 Å². The van der Waals surface area contributed by atoms with E-state index in [1.165, 1.54) is 11.1 Å². The van der Waals surface area contributed by atoms with Crippen LogP contribution in [0.1, 0.15) is 31.4 Å². The summed E-state index contributed by atoms with van der Waals surface area (Å²) in [5.41, 5.74) is 0. The number of quaternary nitrogens is 1. The van der Waals surface area contributed by atoms with E-state index in [4.69, 9.17) is 4.42 Å². The molecule has 2 aliphatic rings. The maximum absolute atomic E-state index is 12.3. The van der Waals surface area contributed by atoms with Crippen molar-refractivity contribution in [2.45, 2.75) is 25.7 Å². The van der Waals surface area contributed by atoms with Crippen LogP contribution in [0.4, 0.5) is 0 Å². The lowest BCUT2D eigenvalue weighted by Gasteiger charge is -2.31. The fourth-order valence-electron chi connectivity index (χ4n) is 3.67. The minimum Gasteiger partial charge on any atom is -0.469 e. The van der Waals surface area contributed by atoms with Gasteiger partial charge in [0.15, 0.2) is 0 Å². The Hall–Kier alpha value is -2.28. The molecule has 26 heavy (non-hydrogen) atoms. The molecule has 1 saturated heterocycles. The number of carbonyl (C=O) groups excluding carboxylic acids is 3. The van der Waals surface area contributed by atoms with Gasteiger partial charge in [0, 0.05) is 31.9 Å². The second-order valence-electron chi connectivity index (χ2n) is 7.09. The van der Waals surface area contributed by atoms with Gasteiger partial charge in [0.05, 0.1) is 45.5 Å². The molecule has 0 aromatic carbocycles. The molecular formula is C19H26N3O4+. The summed E-state index contributed by atoms with van der Waals surface area (Å²) in [4.78, 5) is 43.5. The van der Waals surface area contributed by atoms with E-state index in [0.717, 1.165) is 32.7 Å². The van der Waals surface area contributed by atoms with E-state index in [2.05, 4.69) is 4.99 Å². The van der Waals surface area contributed by atoms with Crippen molar-refractivity contribution in [1.29, 1.82) is 0 Å². The van der Waals surface area contributed by atoms with E-state index in [1.54, 1.807) is 19.3 Å². The number of furan rings is 1. The van der Waals surface area contributed by atoms with Crippen LogP contribution in [0.5, 0.6) is 0 Å². The smallest absolute Gasteiger partial charge is 0.219 e. The molecule has 1 saturated carbocycles. The summed E-state index contributed by atoms with van der Waals surface area (Å²) in [6.45, 7) is 6.44. The summed E-state index contributed by atoms with van der Waals surface area (Å²) in [6, 6.07) is 3.59. The number of hydrogen-bond donors (Lipinski definition) is 1. The fraction of sp³-hybridized carbons (Fsp3) is 0.579. The molecule has 1 aromatic heterocycles. The van der Waals surface area contributed by atoms with Crippen LogP contribution in [0.3, 0.4) is 0 Å². The molecular weight excluding hydrogens is 334 g/mol. The molecule has 3 rings (SSSR count). The second-order valence-corrected chi connectivity index (χ2v) is 7.09. The zero-order valence-corrected chi connectivity index (χ0v) is 15.1. The van der Waals surface area contributed by atoms with E-state index in [0.29, 0.717) is 25.1 Å². The van der Waals surface area contributed by atoms with Gasteiger partial charge in [-0.3, -0.25) is 19.4 Å². The van der Waals surface area contributed by atoms with Gasteiger partial charge < -0.3 is 14.2 Å². The van der Waals surface area contributed by atoms with E-state index in [1.807, 2.05) is 11.0 Å².